The summed E-state index contributed by atoms with van der Waals surface area (Å²) in [5, 5.41) is 0. The second kappa shape index (κ2) is 7.09. The number of aromatic nitrogens is 3. The second-order valence-corrected chi connectivity index (χ2v) is 4.71. The van der Waals surface area contributed by atoms with E-state index in [9.17, 15) is 0 Å². The van der Waals surface area contributed by atoms with E-state index in [0.29, 0.717) is 12.4 Å². The number of rotatable bonds is 5. The average Bonchev–Trinajstić information content (AvgIpc) is 3.11. The van der Waals surface area contributed by atoms with Crippen molar-refractivity contribution in [3.8, 4) is 11.3 Å². The predicted molar refractivity (Wildman–Crippen MR) is 84.5 cm³/mol. The van der Waals surface area contributed by atoms with Crippen LogP contribution in [-0.2, 0) is 13.0 Å². The van der Waals surface area contributed by atoms with E-state index in [1.54, 1.807) is 6.20 Å². The van der Waals surface area contributed by atoms with E-state index in [0.717, 1.165) is 30.0 Å². The first-order valence-electron chi connectivity index (χ1n) is 6.87. The van der Waals surface area contributed by atoms with Gasteiger partial charge in [-0.3, -0.25) is 0 Å². The summed E-state index contributed by atoms with van der Waals surface area (Å²) in [5.74, 6) is 2.59. The lowest BCUT2D eigenvalue weighted by atomic mass is 10.2. The van der Waals surface area contributed by atoms with E-state index in [2.05, 4.69) is 21.5 Å². The van der Waals surface area contributed by atoms with Gasteiger partial charge in [0.2, 0.25) is 5.89 Å². The van der Waals surface area contributed by atoms with Crippen LogP contribution in [0.15, 0.2) is 53.3 Å². The Morgan fingerprint density at radius 1 is 1.14 bits per heavy atom. The Balaban J connectivity index is 0.00000161. The molecule has 4 nitrogen and oxygen atoms in total. The van der Waals surface area contributed by atoms with Crippen molar-refractivity contribution >= 4 is 12.4 Å². The zero-order valence-electron chi connectivity index (χ0n) is 11.9. The first kappa shape index (κ1) is 15.3. The molecule has 0 unspecified atom stereocenters. The van der Waals surface area contributed by atoms with Crippen LogP contribution in [0.3, 0.4) is 0 Å². The third-order valence-electron chi connectivity index (χ3n) is 3.19. The van der Waals surface area contributed by atoms with Crippen LogP contribution in [0.2, 0.25) is 0 Å². The summed E-state index contributed by atoms with van der Waals surface area (Å²) in [6.07, 6.45) is 7.63. The van der Waals surface area contributed by atoms with Crippen molar-refractivity contribution in [3.05, 3.63) is 60.6 Å². The molecule has 0 saturated carbocycles. The molecule has 2 aromatic heterocycles. The van der Waals surface area contributed by atoms with Crippen LogP contribution in [0.4, 0.5) is 0 Å². The Hall–Kier alpha value is -2.07. The van der Waals surface area contributed by atoms with Gasteiger partial charge < -0.3 is 8.98 Å². The zero-order valence-corrected chi connectivity index (χ0v) is 12.7. The highest BCUT2D eigenvalue weighted by Gasteiger charge is 2.08. The molecule has 0 fully saturated rings. The second-order valence-electron chi connectivity index (χ2n) is 4.71. The topological polar surface area (TPSA) is 43.9 Å². The van der Waals surface area contributed by atoms with E-state index in [1.165, 1.54) is 0 Å². The Bertz CT molecular complexity index is 676. The van der Waals surface area contributed by atoms with Crippen LogP contribution in [0.25, 0.3) is 11.3 Å². The van der Waals surface area contributed by atoms with E-state index in [4.69, 9.17) is 4.42 Å². The fourth-order valence-electron chi connectivity index (χ4n) is 2.20. The third-order valence-corrected chi connectivity index (χ3v) is 3.19. The molecule has 3 aromatic rings. The Kier molecular flexibility index (Phi) is 5.17. The molecule has 0 amide bonds. The minimum Gasteiger partial charge on any atom is -0.439 e. The molecule has 110 valence electrons. The summed E-state index contributed by atoms with van der Waals surface area (Å²) >= 11 is 0. The number of oxazole rings is 1. The molecule has 2 heterocycles. The lowest BCUT2D eigenvalue weighted by Crippen LogP contribution is -2.04. The van der Waals surface area contributed by atoms with Gasteiger partial charge in [-0.1, -0.05) is 37.3 Å². The Morgan fingerprint density at radius 2 is 1.95 bits per heavy atom. The molecule has 0 aliphatic heterocycles. The maximum absolute atomic E-state index is 5.82. The highest BCUT2D eigenvalue weighted by molar-refractivity contribution is 5.85. The lowest BCUT2D eigenvalue weighted by molar-refractivity contribution is 0.483. The fraction of sp³-hybridized carbons (Fsp3) is 0.250. The van der Waals surface area contributed by atoms with E-state index >= 15 is 0 Å². The van der Waals surface area contributed by atoms with E-state index in [-0.39, 0.29) is 12.4 Å². The van der Waals surface area contributed by atoms with Crippen molar-refractivity contribution in [2.24, 2.45) is 0 Å². The zero-order chi connectivity index (χ0) is 13.8. The van der Waals surface area contributed by atoms with Crippen molar-refractivity contribution in [3.63, 3.8) is 0 Å². The predicted octanol–water partition coefficient (Wildman–Crippen LogP) is 3.96. The molecule has 21 heavy (non-hydrogen) atoms. The molecule has 1 aromatic carbocycles. The van der Waals surface area contributed by atoms with Crippen molar-refractivity contribution in [2.75, 3.05) is 0 Å². The minimum absolute atomic E-state index is 0. The molecule has 0 N–H and O–H groups in total. The van der Waals surface area contributed by atoms with Crippen LogP contribution in [0.5, 0.6) is 0 Å². The van der Waals surface area contributed by atoms with E-state index in [1.807, 2.05) is 42.7 Å². The number of halogens is 1. The van der Waals surface area contributed by atoms with Gasteiger partial charge in [0.05, 0.1) is 6.20 Å². The number of hydrogen-bond acceptors (Lipinski definition) is 3. The lowest BCUT2D eigenvalue weighted by Gasteiger charge is -2.03. The van der Waals surface area contributed by atoms with Gasteiger partial charge in [-0.2, -0.15) is 0 Å². The van der Waals surface area contributed by atoms with Gasteiger partial charge in [0.15, 0.2) is 5.76 Å². The quantitative estimate of drug-likeness (QED) is 0.716. The molecular formula is C16H18ClN3O. The SMILES string of the molecule is CCCc1nccn1Cc1ncc(-c2ccccc2)o1.Cl. The average molecular weight is 304 g/mol. The third kappa shape index (κ3) is 3.52. The summed E-state index contributed by atoms with van der Waals surface area (Å²) in [6, 6.07) is 10.0. The number of aryl methyl sites for hydroxylation is 1. The van der Waals surface area contributed by atoms with Crippen LogP contribution in [0, 0.1) is 0 Å². The van der Waals surface area contributed by atoms with Crippen LogP contribution in [-0.4, -0.2) is 14.5 Å². The summed E-state index contributed by atoms with van der Waals surface area (Å²) in [7, 11) is 0. The van der Waals surface area contributed by atoms with Gasteiger partial charge in [-0.25, -0.2) is 9.97 Å². The molecule has 3 rings (SSSR count). The van der Waals surface area contributed by atoms with Gasteiger partial charge in [-0.15, -0.1) is 12.4 Å². The molecule has 0 saturated heterocycles. The highest BCUT2D eigenvalue weighted by Crippen LogP contribution is 2.20. The summed E-state index contributed by atoms with van der Waals surface area (Å²) < 4.78 is 7.90. The number of imidazole rings is 1. The normalized spacial score (nSPS) is 10.3. The van der Waals surface area contributed by atoms with Gasteiger partial charge in [-0.05, 0) is 6.42 Å². The fourth-order valence-corrected chi connectivity index (χ4v) is 2.20. The molecule has 0 aliphatic rings. The molecule has 0 atom stereocenters. The van der Waals surface area contributed by atoms with Crippen LogP contribution >= 0.6 is 12.4 Å². The number of nitrogens with zero attached hydrogens (tertiary/aromatic N) is 3. The maximum Gasteiger partial charge on any atom is 0.214 e. The first-order chi connectivity index (χ1) is 9.86. The summed E-state index contributed by atoms with van der Waals surface area (Å²) in [5.41, 5.74) is 1.05. The first-order valence-corrected chi connectivity index (χ1v) is 6.87. The van der Waals surface area contributed by atoms with Gasteiger partial charge in [0.25, 0.3) is 0 Å². The monoisotopic (exact) mass is 303 g/mol. The Morgan fingerprint density at radius 3 is 2.71 bits per heavy atom. The summed E-state index contributed by atoms with van der Waals surface area (Å²) in [6.45, 7) is 2.78. The van der Waals surface area contributed by atoms with Crippen LogP contribution < -0.4 is 0 Å². The number of benzene rings is 1. The Labute approximate surface area is 130 Å². The molecule has 0 bridgehead atoms. The minimum atomic E-state index is 0. The highest BCUT2D eigenvalue weighted by atomic mass is 35.5. The van der Waals surface area contributed by atoms with Gasteiger partial charge in [0.1, 0.15) is 12.4 Å². The maximum atomic E-state index is 5.82. The molecule has 5 heteroatoms. The molecular weight excluding hydrogens is 286 g/mol. The number of hydrogen-bond donors (Lipinski definition) is 0. The summed E-state index contributed by atoms with van der Waals surface area (Å²) in [4.78, 5) is 8.71. The van der Waals surface area contributed by atoms with Gasteiger partial charge >= 0.3 is 0 Å². The van der Waals surface area contributed by atoms with Crippen molar-refractivity contribution in [1.82, 2.24) is 14.5 Å². The van der Waals surface area contributed by atoms with Crippen molar-refractivity contribution in [2.45, 2.75) is 26.3 Å². The van der Waals surface area contributed by atoms with E-state index < -0.39 is 0 Å². The smallest absolute Gasteiger partial charge is 0.214 e. The molecule has 0 aliphatic carbocycles. The standard InChI is InChI=1S/C16H17N3O.ClH/c1-2-6-15-17-9-10-19(15)12-16-18-11-14(20-16)13-7-4-3-5-8-13;/h3-5,7-11H,2,6,12H2,1H3;1H. The molecule has 0 spiro atoms. The van der Waals surface area contributed by atoms with Crippen molar-refractivity contribution in [1.29, 1.82) is 0 Å². The van der Waals surface area contributed by atoms with Crippen LogP contribution in [0.1, 0.15) is 25.1 Å². The van der Waals surface area contributed by atoms with Gasteiger partial charge in [0, 0.05) is 24.4 Å². The largest absolute Gasteiger partial charge is 0.439 e. The van der Waals surface area contributed by atoms with Crippen molar-refractivity contribution < 1.29 is 4.42 Å². The molecule has 0 radical (unpaired) electrons.